The molecule has 0 atom stereocenters. The van der Waals surface area contributed by atoms with E-state index in [1.54, 1.807) is 11.4 Å². The van der Waals surface area contributed by atoms with Crippen LogP contribution in [0.15, 0.2) is 0 Å². The Morgan fingerprint density at radius 1 is 1.06 bits per heavy atom. The van der Waals surface area contributed by atoms with Crippen LogP contribution in [0.3, 0.4) is 0 Å². The normalized spacial score (nSPS) is 31.9. The Morgan fingerprint density at radius 2 is 1.62 bits per heavy atom. The molecular weight excluding hydrogens is 224 g/mol. The van der Waals surface area contributed by atoms with E-state index >= 15 is 0 Å². The molecule has 94 valence electrons. The molecule has 0 aromatic rings. The van der Waals surface area contributed by atoms with Crippen LogP contribution in [0, 0.1) is 0 Å². The highest BCUT2D eigenvalue weighted by Crippen LogP contribution is 2.33. The highest BCUT2D eigenvalue weighted by Gasteiger charge is 2.41. The highest BCUT2D eigenvalue weighted by molar-refractivity contribution is 7.90. The maximum Gasteiger partial charge on any atom is 0.216 e. The fourth-order valence-electron chi connectivity index (χ4n) is 2.54. The van der Waals surface area contributed by atoms with Crippen molar-refractivity contribution in [1.29, 1.82) is 0 Å². The second kappa shape index (κ2) is 4.63. The summed E-state index contributed by atoms with van der Waals surface area (Å²) in [5.41, 5.74) is 0. The van der Waals surface area contributed by atoms with Gasteiger partial charge >= 0.3 is 0 Å². The first-order valence-electron chi connectivity index (χ1n) is 6.20. The third kappa shape index (κ3) is 2.41. The Kier molecular flexibility index (Phi) is 3.56. The molecule has 0 unspecified atom stereocenters. The smallest absolute Gasteiger partial charge is 0.216 e. The predicted molar refractivity (Wildman–Crippen MR) is 64.8 cm³/mol. The SMILES string of the molecule is CNC1CCC(N(C)S(=O)(=O)C2CC2)CC1. The number of sulfonamides is 1. The second-order valence-corrected chi connectivity index (χ2v) is 7.33. The molecule has 2 saturated carbocycles. The monoisotopic (exact) mass is 246 g/mol. The minimum absolute atomic E-state index is 0.0699. The summed E-state index contributed by atoms with van der Waals surface area (Å²) < 4.78 is 25.8. The summed E-state index contributed by atoms with van der Waals surface area (Å²) in [5, 5.41) is 3.20. The molecule has 16 heavy (non-hydrogen) atoms. The maximum atomic E-state index is 12.1. The van der Waals surface area contributed by atoms with E-state index in [-0.39, 0.29) is 11.3 Å². The summed E-state index contributed by atoms with van der Waals surface area (Å²) in [4.78, 5) is 0. The van der Waals surface area contributed by atoms with Gasteiger partial charge in [-0.1, -0.05) is 0 Å². The third-order valence-corrected chi connectivity index (χ3v) is 6.38. The van der Waals surface area contributed by atoms with Gasteiger partial charge in [0.25, 0.3) is 0 Å². The zero-order chi connectivity index (χ0) is 11.8. The fourth-order valence-corrected chi connectivity index (χ4v) is 4.37. The summed E-state index contributed by atoms with van der Waals surface area (Å²) in [5.74, 6) is 0. The number of hydrogen-bond acceptors (Lipinski definition) is 3. The number of nitrogens with one attached hydrogen (secondary N) is 1. The maximum absolute atomic E-state index is 12.1. The van der Waals surface area contributed by atoms with Gasteiger partial charge in [0.05, 0.1) is 5.25 Å². The molecule has 1 N–H and O–H groups in total. The van der Waals surface area contributed by atoms with Crippen LogP contribution in [0.5, 0.6) is 0 Å². The van der Waals surface area contributed by atoms with E-state index in [1.807, 2.05) is 7.05 Å². The van der Waals surface area contributed by atoms with Gasteiger partial charge in [0.15, 0.2) is 0 Å². The average Bonchev–Trinajstić information content (AvgIpc) is 3.12. The predicted octanol–water partition coefficient (Wildman–Crippen LogP) is 0.941. The van der Waals surface area contributed by atoms with Gasteiger partial charge in [0.2, 0.25) is 10.0 Å². The van der Waals surface area contributed by atoms with Gasteiger partial charge in [-0.2, -0.15) is 0 Å². The Balaban J connectivity index is 1.93. The van der Waals surface area contributed by atoms with Crippen molar-refractivity contribution >= 4 is 10.0 Å². The Labute approximate surface area is 98.4 Å². The van der Waals surface area contributed by atoms with Crippen molar-refractivity contribution in [3.8, 4) is 0 Å². The standard InChI is InChI=1S/C11H22N2O2S/c1-12-9-3-5-10(6-4-9)13(2)16(14,15)11-7-8-11/h9-12H,3-8H2,1-2H3. The van der Waals surface area contributed by atoms with Crippen molar-refractivity contribution in [1.82, 2.24) is 9.62 Å². The third-order valence-electron chi connectivity index (χ3n) is 3.97. The van der Waals surface area contributed by atoms with E-state index in [0.29, 0.717) is 6.04 Å². The molecule has 2 aliphatic carbocycles. The van der Waals surface area contributed by atoms with Crippen LogP contribution in [0.2, 0.25) is 0 Å². The molecule has 0 aromatic carbocycles. The Morgan fingerprint density at radius 3 is 2.06 bits per heavy atom. The quantitative estimate of drug-likeness (QED) is 0.803. The Hall–Kier alpha value is -0.130. The molecule has 5 heteroatoms. The number of hydrogen-bond donors (Lipinski definition) is 1. The van der Waals surface area contributed by atoms with Gasteiger partial charge in [-0.05, 0) is 45.6 Å². The molecule has 2 fully saturated rings. The molecule has 0 amide bonds. The summed E-state index contributed by atoms with van der Waals surface area (Å²) >= 11 is 0. The molecule has 0 heterocycles. The van der Waals surface area contributed by atoms with Crippen LogP contribution in [-0.4, -0.2) is 44.2 Å². The molecule has 0 radical (unpaired) electrons. The first-order valence-corrected chi connectivity index (χ1v) is 7.70. The fraction of sp³-hybridized carbons (Fsp3) is 1.00. The molecule has 2 rings (SSSR count). The second-order valence-electron chi connectivity index (χ2n) is 5.05. The highest BCUT2D eigenvalue weighted by atomic mass is 32.2. The van der Waals surface area contributed by atoms with E-state index in [2.05, 4.69) is 5.32 Å². The van der Waals surface area contributed by atoms with Gasteiger partial charge in [0.1, 0.15) is 0 Å². The van der Waals surface area contributed by atoms with Gasteiger partial charge in [0, 0.05) is 19.1 Å². The molecule has 0 aliphatic heterocycles. The van der Waals surface area contributed by atoms with Gasteiger partial charge in [-0.25, -0.2) is 12.7 Å². The van der Waals surface area contributed by atoms with Gasteiger partial charge in [-0.15, -0.1) is 0 Å². The summed E-state index contributed by atoms with van der Waals surface area (Å²) in [6.45, 7) is 0. The van der Waals surface area contributed by atoms with Crippen LogP contribution in [-0.2, 0) is 10.0 Å². The zero-order valence-electron chi connectivity index (χ0n) is 10.1. The number of rotatable bonds is 4. The molecule has 0 saturated heterocycles. The van der Waals surface area contributed by atoms with E-state index in [4.69, 9.17) is 0 Å². The largest absolute Gasteiger partial charge is 0.317 e. The summed E-state index contributed by atoms with van der Waals surface area (Å²) in [6, 6.07) is 0.809. The van der Waals surface area contributed by atoms with Crippen molar-refractivity contribution in [3.05, 3.63) is 0 Å². The van der Waals surface area contributed by atoms with E-state index in [1.165, 1.54) is 0 Å². The van der Waals surface area contributed by atoms with Crippen LogP contribution in [0.1, 0.15) is 38.5 Å². The van der Waals surface area contributed by atoms with E-state index in [0.717, 1.165) is 38.5 Å². The first-order chi connectivity index (χ1) is 7.55. The molecule has 2 aliphatic rings. The van der Waals surface area contributed by atoms with Crippen molar-refractivity contribution in [2.75, 3.05) is 14.1 Å². The lowest BCUT2D eigenvalue weighted by Crippen LogP contribution is -2.43. The molecule has 0 bridgehead atoms. The molecular formula is C11H22N2O2S. The lowest BCUT2D eigenvalue weighted by molar-refractivity contribution is 0.254. The zero-order valence-corrected chi connectivity index (χ0v) is 11.0. The molecule has 0 aromatic heterocycles. The Bertz CT molecular complexity index is 330. The number of nitrogens with zero attached hydrogens (tertiary/aromatic N) is 1. The van der Waals surface area contributed by atoms with Crippen molar-refractivity contribution in [2.45, 2.75) is 55.9 Å². The minimum Gasteiger partial charge on any atom is -0.317 e. The van der Waals surface area contributed by atoms with Crippen molar-refractivity contribution in [2.24, 2.45) is 0 Å². The lowest BCUT2D eigenvalue weighted by atomic mass is 9.91. The van der Waals surface area contributed by atoms with Crippen LogP contribution in [0.4, 0.5) is 0 Å². The van der Waals surface area contributed by atoms with Gasteiger partial charge in [-0.3, -0.25) is 0 Å². The lowest BCUT2D eigenvalue weighted by Gasteiger charge is -2.33. The molecule has 4 nitrogen and oxygen atoms in total. The summed E-state index contributed by atoms with van der Waals surface area (Å²) in [6.07, 6.45) is 5.89. The average molecular weight is 246 g/mol. The van der Waals surface area contributed by atoms with Gasteiger partial charge < -0.3 is 5.32 Å². The molecule has 0 spiro atoms. The van der Waals surface area contributed by atoms with E-state index < -0.39 is 10.0 Å². The summed E-state index contributed by atoms with van der Waals surface area (Å²) in [7, 11) is 0.767. The van der Waals surface area contributed by atoms with E-state index in [9.17, 15) is 8.42 Å². The van der Waals surface area contributed by atoms with Crippen molar-refractivity contribution < 1.29 is 8.42 Å². The minimum atomic E-state index is -2.98. The van der Waals surface area contributed by atoms with Crippen LogP contribution in [0.25, 0.3) is 0 Å². The topological polar surface area (TPSA) is 49.4 Å². The van der Waals surface area contributed by atoms with Crippen LogP contribution >= 0.6 is 0 Å². The first kappa shape index (κ1) is 12.3. The van der Waals surface area contributed by atoms with Crippen LogP contribution < -0.4 is 5.32 Å². The van der Waals surface area contributed by atoms with Crippen molar-refractivity contribution in [3.63, 3.8) is 0 Å².